The van der Waals surface area contributed by atoms with Crippen molar-refractivity contribution in [2.45, 2.75) is 19.4 Å². The van der Waals surface area contributed by atoms with Crippen LogP contribution in [0.5, 0.6) is 11.5 Å². The minimum absolute atomic E-state index is 0.633. The van der Waals surface area contributed by atoms with Gasteiger partial charge in [0.05, 0.1) is 13.7 Å². The van der Waals surface area contributed by atoms with Crippen molar-refractivity contribution in [3.63, 3.8) is 0 Å². The van der Waals surface area contributed by atoms with E-state index in [4.69, 9.17) is 15.9 Å². The molecule has 0 fully saturated rings. The highest BCUT2D eigenvalue weighted by molar-refractivity contribution is 5.40. The molecule has 0 radical (unpaired) electrons. The predicted molar refractivity (Wildman–Crippen MR) is 69.3 cm³/mol. The second-order valence-electron chi connectivity index (χ2n) is 3.66. The summed E-state index contributed by atoms with van der Waals surface area (Å²) in [5.74, 6) is 4.26. The zero-order chi connectivity index (χ0) is 12.5. The Kier molecular flexibility index (Phi) is 5.98. The van der Waals surface area contributed by atoms with Gasteiger partial charge < -0.3 is 14.8 Å². The van der Waals surface area contributed by atoms with Crippen LogP contribution in [0.15, 0.2) is 18.2 Å². The standard InChI is InChI=1S/C14H19NO2/c1-4-5-6-9-17-14-10-13(16-3)8-7-12(14)11-15-2/h1,7-8,10,15H,5-6,9,11H2,2-3H3. The van der Waals surface area contributed by atoms with Crippen molar-refractivity contribution >= 4 is 0 Å². The average molecular weight is 233 g/mol. The summed E-state index contributed by atoms with van der Waals surface area (Å²) >= 11 is 0. The third kappa shape index (κ3) is 4.38. The zero-order valence-corrected chi connectivity index (χ0v) is 10.5. The maximum absolute atomic E-state index is 5.72. The van der Waals surface area contributed by atoms with Crippen molar-refractivity contribution in [2.24, 2.45) is 0 Å². The quantitative estimate of drug-likeness (QED) is 0.578. The Labute approximate surface area is 103 Å². The van der Waals surface area contributed by atoms with Crippen molar-refractivity contribution in [1.82, 2.24) is 5.32 Å². The van der Waals surface area contributed by atoms with E-state index < -0.39 is 0 Å². The van der Waals surface area contributed by atoms with E-state index in [2.05, 4.69) is 11.2 Å². The van der Waals surface area contributed by atoms with Crippen LogP contribution in [0.1, 0.15) is 18.4 Å². The Morgan fingerprint density at radius 2 is 2.24 bits per heavy atom. The van der Waals surface area contributed by atoms with Crippen molar-refractivity contribution in [3.8, 4) is 23.8 Å². The lowest BCUT2D eigenvalue weighted by atomic mass is 10.2. The Morgan fingerprint density at radius 1 is 1.41 bits per heavy atom. The van der Waals surface area contributed by atoms with Crippen LogP contribution in [0.3, 0.4) is 0 Å². The first-order valence-electron chi connectivity index (χ1n) is 5.69. The van der Waals surface area contributed by atoms with Crippen LogP contribution in [0.2, 0.25) is 0 Å². The second kappa shape index (κ2) is 7.59. The molecule has 0 aliphatic rings. The number of terminal acetylenes is 1. The van der Waals surface area contributed by atoms with Crippen LogP contribution in [0.25, 0.3) is 0 Å². The van der Waals surface area contributed by atoms with Crippen LogP contribution in [-0.2, 0) is 6.54 Å². The van der Waals surface area contributed by atoms with E-state index in [1.54, 1.807) is 7.11 Å². The first-order valence-corrected chi connectivity index (χ1v) is 5.69. The van der Waals surface area contributed by atoms with Gasteiger partial charge in [-0.05, 0) is 19.5 Å². The highest BCUT2D eigenvalue weighted by Crippen LogP contribution is 2.25. The molecule has 0 aliphatic carbocycles. The fourth-order valence-corrected chi connectivity index (χ4v) is 1.49. The molecule has 1 aromatic carbocycles. The lowest BCUT2D eigenvalue weighted by Crippen LogP contribution is -2.08. The van der Waals surface area contributed by atoms with E-state index in [1.807, 2.05) is 25.2 Å². The van der Waals surface area contributed by atoms with Crippen LogP contribution in [0, 0.1) is 12.3 Å². The summed E-state index contributed by atoms with van der Waals surface area (Å²) in [4.78, 5) is 0. The van der Waals surface area contributed by atoms with Gasteiger partial charge in [0, 0.05) is 24.6 Å². The van der Waals surface area contributed by atoms with Gasteiger partial charge in [-0.3, -0.25) is 0 Å². The van der Waals surface area contributed by atoms with E-state index in [0.29, 0.717) is 6.61 Å². The van der Waals surface area contributed by atoms with Crippen molar-refractivity contribution in [1.29, 1.82) is 0 Å². The van der Waals surface area contributed by atoms with Crippen molar-refractivity contribution < 1.29 is 9.47 Å². The van der Waals surface area contributed by atoms with Gasteiger partial charge >= 0.3 is 0 Å². The molecule has 3 nitrogen and oxygen atoms in total. The molecule has 0 saturated carbocycles. The number of hydrogen-bond acceptors (Lipinski definition) is 3. The highest BCUT2D eigenvalue weighted by Gasteiger charge is 2.05. The second-order valence-corrected chi connectivity index (χ2v) is 3.66. The molecular weight excluding hydrogens is 214 g/mol. The maximum atomic E-state index is 5.72. The maximum Gasteiger partial charge on any atom is 0.127 e. The molecule has 0 heterocycles. The SMILES string of the molecule is C#CCCCOc1cc(OC)ccc1CNC. The molecule has 0 atom stereocenters. The number of nitrogens with one attached hydrogen (secondary N) is 1. The third-order valence-electron chi connectivity index (χ3n) is 2.36. The number of ether oxygens (including phenoxy) is 2. The summed E-state index contributed by atoms with van der Waals surface area (Å²) < 4.78 is 10.9. The molecule has 92 valence electrons. The van der Waals surface area contributed by atoms with Crippen LogP contribution in [0.4, 0.5) is 0 Å². The summed E-state index contributed by atoms with van der Waals surface area (Å²) in [6, 6.07) is 5.84. The molecule has 0 aliphatic heterocycles. The van der Waals surface area contributed by atoms with E-state index in [-0.39, 0.29) is 0 Å². The predicted octanol–water partition coefficient (Wildman–Crippen LogP) is 2.21. The number of benzene rings is 1. The number of rotatable bonds is 7. The molecule has 0 amide bonds. The minimum Gasteiger partial charge on any atom is -0.497 e. The number of hydrogen-bond donors (Lipinski definition) is 1. The van der Waals surface area contributed by atoms with Gasteiger partial charge in [-0.25, -0.2) is 0 Å². The van der Waals surface area contributed by atoms with Gasteiger partial charge in [-0.1, -0.05) is 6.07 Å². The zero-order valence-electron chi connectivity index (χ0n) is 10.5. The molecule has 0 spiro atoms. The highest BCUT2D eigenvalue weighted by atomic mass is 16.5. The van der Waals surface area contributed by atoms with Crippen LogP contribution >= 0.6 is 0 Å². The molecule has 3 heteroatoms. The molecule has 0 bridgehead atoms. The van der Waals surface area contributed by atoms with E-state index in [0.717, 1.165) is 36.4 Å². The molecule has 17 heavy (non-hydrogen) atoms. The van der Waals surface area contributed by atoms with Crippen LogP contribution in [-0.4, -0.2) is 20.8 Å². The summed E-state index contributed by atoms with van der Waals surface area (Å²) in [6.45, 7) is 1.41. The molecule has 1 N–H and O–H groups in total. The number of unbranched alkanes of at least 4 members (excludes halogenated alkanes) is 1. The first kappa shape index (κ1) is 13.4. The van der Waals surface area contributed by atoms with E-state index in [9.17, 15) is 0 Å². The first-order chi connectivity index (χ1) is 8.31. The average Bonchev–Trinajstić information content (AvgIpc) is 2.36. The monoisotopic (exact) mass is 233 g/mol. The van der Waals surface area contributed by atoms with Gasteiger partial charge in [-0.15, -0.1) is 12.3 Å². The molecule has 1 aromatic rings. The van der Waals surface area contributed by atoms with Gasteiger partial charge in [-0.2, -0.15) is 0 Å². The summed E-state index contributed by atoms with van der Waals surface area (Å²) in [5, 5.41) is 3.11. The number of methoxy groups -OCH3 is 1. The van der Waals surface area contributed by atoms with E-state index >= 15 is 0 Å². The van der Waals surface area contributed by atoms with Gasteiger partial charge in [0.15, 0.2) is 0 Å². The molecule has 0 saturated heterocycles. The summed E-state index contributed by atoms with van der Waals surface area (Å²) in [5.41, 5.74) is 1.12. The molecule has 0 unspecified atom stereocenters. The third-order valence-corrected chi connectivity index (χ3v) is 2.36. The van der Waals surface area contributed by atoms with Crippen LogP contribution < -0.4 is 14.8 Å². The topological polar surface area (TPSA) is 30.5 Å². The largest absolute Gasteiger partial charge is 0.497 e. The Hall–Kier alpha value is -1.66. The molecule has 1 rings (SSSR count). The Bertz CT molecular complexity index is 382. The minimum atomic E-state index is 0.633. The fraction of sp³-hybridized carbons (Fsp3) is 0.429. The Morgan fingerprint density at radius 3 is 2.88 bits per heavy atom. The Balaban J connectivity index is 2.68. The molecule has 0 aromatic heterocycles. The van der Waals surface area contributed by atoms with Crippen molar-refractivity contribution in [3.05, 3.63) is 23.8 Å². The fourth-order valence-electron chi connectivity index (χ4n) is 1.49. The van der Waals surface area contributed by atoms with E-state index in [1.165, 1.54) is 0 Å². The van der Waals surface area contributed by atoms with Gasteiger partial charge in [0.1, 0.15) is 11.5 Å². The lowest BCUT2D eigenvalue weighted by molar-refractivity contribution is 0.306. The summed E-state index contributed by atoms with van der Waals surface area (Å²) in [7, 11) is 3.56. The van der Waals surface area contributed by atoms with Gasteiger partial charge in [0.25, 0.3) is 0 Å². The smallest absolute Gasteiger partial charge is 0.127 e. The van der Waals surface area contributed by atoms with Gasteiger partial charge in [0.2, 0.25) is 0 Å². The lowest BCUT2D eigenvalue weighted by Gasteiger charge is -2.12. The van der Waals surface area contributed by atoms with Crippen molar-refractivity contribution in [2.75, 3.05) is 20.8 Å². The summed E-state index contributed by atoms with van der Waals surface area (Å²) in [6.07, 6.45) is 6.80. The molecular formula is C14H19NO2. The normalized spacial score (nSPS) is 9.71.